The molecule has 0 atom stereocenters. The second-order valence-corrected chi connectivity index (χ2v) is 4.85. The summed E-state index contributed by atoms with van der Waals surface area (Å²) in [6.07, 6.45) is 0.446. The van der Waals surface area contributed by atoms with E-state index in [4.69, 9.17) is 11.6 Å². The van der Waals surface area contributed by atoms with Crippen molar-refractivity contribution in [2.75, 3.05) is 39.6 Å². The highest BCUT2D eigenvalue weighted by molar-refractivity contribution is 6.18. The average Bonchev–Trinajstić information content (AvgIpc) is 2.11. The number of alkyl halides is 1. The molecular weight excluding hydrogens is 212 g/mol. The molecule has 0 rings (SSSR count). The maximum Gasteiger partial charge on any atom is 0.223 e. The van der Waals surface area contributed by atoms with E-state index in [9.17, 15) is 4.79 Å². The van der Waals surface area contributed by atoms with Crippen molar-refractivity contribution in [1.29, 1.82) is 0 Å². The maximum atomic E-state index is 11.7. The summed E-state index contributed by atoms with van der Waals surface area (Å²) in [5.74, 6) is 1.09. The molecule has 0 aliphatic carbocycles. The largest absolute Gasteiger partial charge is 0.341 e. The van der Waals surface area contributed by atoms with Crippen molar-refractivity contribution in [1.82, 2.24) is 9.80 Å². The zero-order chi connectivity index (χ0) is 11.8. The lowest BCUT2D eigenvalue weighted by atomic mass is 10.2. The van der Waals surface area contributed by atoms with Gasteiger partial charge in [0.1, 0.15) is 0 Å². The third kappa shape index (κ3) is 7.63. The topological polar surface area (TPSA) is 23.6 Å². The van der Waals surface area contributed by atoms with Crippen molar-refractivity contribution in [3.63, 3.8) is 0 Å². The first kappa shape index (κ1) is 14.7. The summed E-state index contributed by atoms with van der Waals surface area (Å²) >= 11 is 5.58. The van der Waals surface area contributed by atoms with E-state index in [0.29, 0.717) is 18.2 Å². The number of carbonyl (C=O) groups is 1. The van der Waals surface area contributed by atoms with Crippen LogP contribution in [0, 0.1) is 5.92 Å². The van der Waals surface area contributed by atoms with Gasteiger partial charge < -0.3 is 9.80 Å². The predicted octanol–water partition coefficient (Wildman–Crippen LogP) is 1.66. The van der Waals surface area contributed by atoms with Gasteiger partial charge >= 0.3 is 0 Å². The van der Waals surface area contributed by atoms with Crippen LogP contribution in [0.2, 0.25) is 0 Å². The number of hydrogen-bond acceptors (Lipinski definition) is 2. The zero-order valence-corrected chi connectivity index (χ0v) is 11.0. The Labute approximate surface area is 98.4 Å². The van der Waals surface area contributed by atoms with Crippen LogP contribution < -0.4 is 0 Å². The van der Waals surface area contributed by atoms with Gasteiger partial charge in [-0.05, 0) is 20.0 Å². The molecule has 0 saturated carbocycles. The molecule has 4 heteroatoms. The molecule has 90 valence electrons. The molecule has 15 heavy (non-hydrogen) atoms. The molecule has 0 fully saturated rings. The minimum absolute atomic E-state index is 0.167. The molecule has 3 nitrogen and oxygen atoms in total. The second-order valence-electron chi connectivity index (χ2n) is 4.48. The zero-order valence-electron chi connectivity index (χ0n) is 10.3. The van der Waals surface area contributed by atoms with Crippen molar-refractivity contribution in [3.05, 3.63) is 0 Å². The van der Waals surface area contributed by atoms with Gasteiger partial charge in [0.25, 0.3) is 0 Å². The Bertz CT molecular complexity index is 183. The van der Waals surface area contributed by atoms with Gasteiger partial charge in [-0.1, -0.05) is 13.8 Å². The van der Waals surface area contributed by atoms with Crippen LogP contribution in [0.3, 0.4) is 0 Å². The molecular formula is C11H23ClN2O. The number of amides is 1. The molecule has 1 amide bonds. The van der Waals surface area contributed by atoms with Crippen LogP contribution in [-0.4, -0.2) is 55.3 Å². The monoisotopic (exact) mass is 234 g/mol. The van der Waals surface area contributed by atoms with Crippen LogP contribution in [0.5, 0.6) is 0 Å². The first-order valence-electron chi connectivity index (χ1n) is 5.45. The summed E-state index contributed by atoms with van der Waals surface area (Å²) in [4.78, 5) is 15.7. The Morgan fingerprint density at radius 2 is 1.87 bits per heavy atom. The van der Waals surface area contributed by atoms with Gasteiger partial charge in [0.2, 0.25) is 5.91 Å². The summed E-state index contributed by atoms with van der Waals surface area (Å²) < 4.78 is 0. The van der Waals surface area contributed by atoms with E-state index in [1.54, 1.807) is 0 Å². The van der Waals surface area contributed by atoms with E-state index in [0.717, 1.165) is 19.6 Å². The lowest BCUT2D eigenvalue weighted by molar-refractivity contribution is -0.131. The first-order valence-corrected chi connectivity index (χ1v) is 5.99. The van der Waals surface area contributed by atoms with Crippen LogP contribution >= 0.6 is 11.6 Å². The number of carbonyl (C=O) groups excluding carboxylic acids is 1. The van der Waals surface area contributed by atoms with Crippen LogP contribution in [0.25, 0.3) is 0 Å². The van der Waals surface area contributed by atoms with E-state index in [1.807, 2.05) is 19.0 Å². The molecule has 0 aliphatic heterocycles. The van der Waals surface area contributed by atoms with E-state index >= 15 is 0 Å². The van der Waals surface area contributed by atoms with Crippen LogP contribution in [-0.2, 0) is 4.79 Å². The van der Waals surface area contributed by atoms with E-state index in [2.05, 4.69) is 18.7 Å². The van der Waals surface area contributed by atoms with Crippen molar-refractivity contribution < 1.29 is 4.79 Å². The first-order chi connectivity index (χ1) is 6.97. The Hall–Kier alpha value is -0.280. The van der Waals surface area contributed by atoms with Gasteiger partial charge in [-0.3, -0.25) is 4.79 Å². The highest BCUT2D eigenvalue weighted by Gasteiger charge is 2.13. The minimum Gasteiger partial charge on any atom is -0.341 e. The highest BCUT2D eigenvalue weighted by atomic mass is 35.5. The minimum atomic E-state index is 0.167. The second kappa shape index (κ2) is 7.94. The molecule has 0 N–H and O–H groups in total. The lowest BCUT2D eigenvalue weighted by Gasteiger charge is -2.25. The number of halogens is 1. The third-order valence-electron chi connectivity index (χ3n) is 2.06. The Morgan fingerprint density at radius 3 is 2.27 bits per heavy atom. The normalized spacial score (nSPS) is 11.1. The molecule has 0 aromatic carbocycles. The van der Waals surface area contributed by atoms with Crippen LogP contribution in [0.15, 0.2) is 0 Å². The molecule has 0 spiro atoms. The summed E-state index contributed by atoms with van der Waals surface area (Å²) in [5, 5.41) is 0. The summed E-state index contributed by atoms with van der Waals surface area (Å²) in [5.41, 5.74) is 0. The molecule has 0 aromatic rings. The summed E-state index contributed by atoms with van der Waals surface area (Å²) in [6, 6.07) is 0. The smallest absolute Gasteiger partial charge is 0.223 e. The van der Waals surface area contributed by atoms with Crippen molar-refractivity contribution in [2.24, 2.45) is 5.92 Å². The van der Waals surface area contributed by atoms with Gasteiger partial charge in [0, 0.05) is 31.9 Å². The third-order valence-corrected chi connectivity index (χ3v) is 2.25. The van der Waals surface area contributed by atoms with E-state index < -0.39 is 0 Å². The SMILES string of the molecule is CC(C)CN(CCN(C)C)C(=O)CCCl. The Balaban J connectivity index is 4.11. The van der Waals surface area contributed by atoms with Crippen molar-refractivity contribution in [2.45, 2.75) is 20.3 Å². The molecule has 0 unspecified atom stereocenters. The van der Waals surface area contributed by atoms with Crippen LogP contribution in [0.4, 0.5) is 0 Å². The summed E-state index contributed by atoms with van der Waals surface area (Å²) in [7, 11) is 4.03. The fourth-order valence-corrected chi connectivity index (χ4v) is 1.48. The van der Waals surface area contributed by atoms with E-state index in [1.165, 1.54) is 0 Å². The molecule has 0 radical (unpaired) electrons. The standard InChI is InChI=1S/C11H23ClN2O/c1-10(2)9-14(8-7-13(3)4)11(15)5-6-12/h10H,5-9H2,1-4H3. The molecule has 0 aliphatic rings. The lowest BCUT2D eigenvalue weighted by Crippen LogP contribution is -2.39. The van der Waals surface area contributed by atoms with Gasteiger partial charge in [-0.25, -0.2) is 0 Å². The number of nitrogens with zero attached hydrogens (tertiary/aromatic N) is 2. The number of hydrogen-bond donors (Lipinski definition) is 0. The van der Waals surface area contributed by atoms with Gasteiger partial charge in [0.05, 0.1) is 0 Å². The van der Waals surface area contributed by atoms with E-state index in [-0.39, 0.29) is 5.91 Å². The van der Waals surface area contributed by atoms with Gasteiger partial charge in [0.15, 0.2) is 0 Å². The fourth-order valence-electron chi connectivity index (χ4n) is 1.32. The maximum absolute atomic E-state index is 11.7. The molecule has 0 heterocycles. The fraction of sp³-hybridized carbons (Fsp3) is 0.909. The van der Waals surface area contributed by atoms with Crippen molar-refractivity contribution in [3.8, 4) is 0 Å². The number of rotatable bonds is 7. The van der Waals surface area contributed by atoms with Gasteiger partial charge in [-0.15, -0.1) is 11.6 Å². The van der Waals surface area contributed by atoms with Crippen LogP contribution in [0.1, 0.15) is 20.3 Å². The predicted molar refractivity (Wildman–Crippen MR) is 65.3 cm³/mol. The highest BCUT2D eigenvalue weighted by Crippen LogP contribution is 2.02. The summed E-state index contributed by atoms with van der Waals surface area (Å²) in [6.45, 7) is 6.76. The average molecular weight is 235 g/mol. The number of likely N-dealkylation sites (N-methyl/N-ethyl adjacent to an activating group) is 1. The molecule has 0 aromatic heterocycles. The Kier molecular flexibility index (Phi) is 7.79. The van der Waals surface area contributed by atoms with Crippen molar-refractivity contribution >= 4 is 17.5 Å². The molecule has 0 bridgehead atoms. The molecule has 0 saturated heterocycles. The quantitative estimate of drug-likeness (QED) is 0.626. The Morgan fingerprint density at radius 1 is 1.27 bits per heavy atom. The van der Waals surface area contributed by atoms with Gasteiger partial charge in [-0.2, -0.15) is 0 Å².